The zero-order valence-corrected chi connectivity index (χ0v) is 25.2. The summed E-state index contributed by atoms with van der Waals surface area (Å²) in [5, 5.41) is 0.283. The standard InChI is InChI=1S/C24H31ClFN2O5PS.C2H6/c1-23(2,3)15-9-16(24(4,5)6)20-14(19(15)26)12-31-34(33-20)30-11-13-7-8-18(32-13)28-10-17(25)21(35)27-22(28)29;1-2/h9-10,13,18H,7-8,11-12H2,1-6H3,(H,27,29,35);1-2H3. The van der Waals surface area contributed by atoms with Crippen LogP contribution < -0.4 is 10.2 Å². The molecule has 4 rings (SSSR count). The van der Waals surface area contributed by atoms with Crippen molar-refractivity contribution < 1.29 is 22.7 Å². The van der Waals surface area contributed by atoms with Crippen molar-refractivity contribution in [3.8, 4) is 5.75 Å². The third kappa shape index (κ3) is 6.81. The van der Waals surface area contributed by atoms with Crippen LogP contribution in [0.4, 0.5) is 4.39 Å². The van der Waals surface area contributed by atoms with E-state index in [2.05, 4.69) is 25.8 Å². The molecule has 0 bridgehead atoms. The highest BCUT2D eigenvalue weighted by Gasteiger charge is 2.36. The van der Waals surface area contributed by atoms with Crippen molar-refractivity contribution in [2.45, 2.75) is 98.0 Å². The van der Waals surface area contributed by atoms with Gasteiger partial charge in [-0.25, -0.2) is 9.18 Å². The third-order valence-corrected chi connectivity index (χ3v) is 7.84. The molecule has 1 fully saturated rings. The number of aromatic amines is 1. The molecule has 7 nitrogen and oxygen atoms in total. The van der Waals surface area contributed by atoms with E-state index in [-0.39, 0.29) is 51.3 Å². The Hall–Kier alpha value is -1.35. The number of H-pyrrole nitrogens is 1. The van der Waals surface area contributed by atoms with E-state index in [0.717, 1.165) is 5.56 Å². The molecule has 2 aliphatic rings. The monoisotopic (exact) mass is 574 g/mol. The van der Waals surface area contributed by atoms with E-state index in [1.165, 1.54) is 10.8 Å². The third-order valence-electron chi connectivity index (χ3n) is 6.09. The number of fused-ring (bicyclic) bond motifs is 1. The van der Waals surface area contributed by atoms with Gasteiger partial charge in [-0.1, -0.05) is 79.2 Å². The molecule has 0 aliphatic carbocycles. The summed E-state index contributed by atoms with van der Waals surface area (Å²) in [4.78, 5) is 14.8. The summed E-state index contributed by atoms with van der Waals surface area (Å²) in [6, 6.07) is 1.91. The lowest BCUT2D eigenvalue weighted by Crippen LogP contribution is -2.27. The molecular weight excluding hydrogens is 538 g/mol. The topological polar surface area (TPSA) is 74.7 Å². The van der Waals surface area contributed by atoms with E-state index >= 15 is 4.39 Å². The van der Waals surface area contributed by atoms with E-state index in [0.29, 0.717) is 29.7 Å². The number of rotatable bonds is 4. The van der Waals surface area contributed by atoms with Gasteiger partial charge >= 0.3 is 14.3 Å². The number of nitrogens with zero attached hydrogens (tertiary/aromatic N) is 1. The van der Waals surface area contributed by atoms with E-state index in [4.69, 9.17) is 42.1 Å². The van der Waals surface area contributed by atoms with Crippen molar-refractivity contribution >= 4 is 32.4 Å². The molecule has 206 valence electrons. The molecule has 0 saturated carbocycles. The van der Waals surface area contributed by atoms with Crippen molar-refractivity contribution in [1.82, 2.24) is 9.55 Å². The Balaban J connectivity index is 0.00000186. The lowest BCUT2D eigenvalue weighted by molar-refractivity contribution is -0.0229. The van der Waals surface area contributed by atoms with Crippen LogP contribution in [0, 0.1) is 10.5 Å². The first-order chi connectivity index (χ1) is 17.3. The number of aromatic nitrogens is 2. The highest BCUT2D eigenvalue weighted by molar-refractivity contribution is 7.71. The average Bonchev–Trinajstić information content (AvgIpc) is 3.28. The van der Waals surface area contributed by atoms with Crippen molar-refractivity contribution in [2.75, 3.05) is 6.61 Å². The van der Waals surface area contributed by atoms with E-state index < -0.39 is 14.8 Å². The summed E-state index contributed by atoms with van der Waals surface area (Å²) in [5.74, 6) is 0.217. The van der Waals surface area contributed by atoms with Crippen LogP contribution >= 0.6 is 32.4 Å². The lowest BCUT2D eigenvalue weighted by atomic mass is 9.78. The van der Waals surface area contributed by atoms with Gasteiger partial charge in [0, 0.05) is 11.8 Å². The second-order valence-electron chi connectivity index (χ2n) is 10.9. The van der Waals surface area contributed by atoms with E-state index in [1.807, 2.05) is 40.7 Å². The first kappa shape index (κ1) is 30.2. The number of ether oxygens (including phenoxy) is 1. The summed E-state index contributed by atoms with van der Waals surface area (Å²) in [6.07, 6.45) is 2.05. The molecule has 3 unspecified atom stereocenters. The van der Waals surface area contributed by atoms with Gasteiger partial charge in [0.2, 0.25) is 0 Å². The predicted molar refractivity (Wildman–Crippen MR) is 147 cm³/mol. The molecule has 0 amide bonds. The fraction of sp³-hybridized carbons (Fsp3) is 0.615. The van der Waals surface area contributed by atoms with Gasteiger partial charge in [-0.05, 0) is 35.3 Å². The fourth-order valence-corrected chi connectivity index (χ4v) is 5.50. The van der Waals surface area contributed by atoms with Crippen LogP contribution in [0.2, 0.25) is 5.02 Å². The molecule has 3 atom stereocenters. The average molecular weight is 575 g/mol. The van der Waals surface area contributed by atoms with Gasteiger partial charge in [0.25, 0.3) is 0 Å². The van der Waals surface area contributed by atoms with E-state index in [1.54, 1.807) is 0 Å². The van der Waals surface area contributed by atoms with Crippen LogP contribution in [0.3, 0.4) is 0 Å². The van der Waals surface area contributed by atoms with Crippen LogP contribution in [0.15, 0.2) is 17.1 Å². The van der Waals surface area contributed by atoms with Gasteiger partial charge in [-0.3, -0.25) is 18.6 Å². The van der Waals surface area contributed by atoms with Gasteiger partial charge < -0.3 is 9.26 Å². The van der Waals surface area contributed by atoms with Crippen molar-refractivity contribution in [3.05, 3.63) is 54.9 Å². The number of nitrogens with one attached hydrogen (secondary N) is 1. The summed E-state index contributed by atoms with van der Waals surface area (Å²) in [6.45, 7) is 16.5. The van der Waals surface area contributed by atoms with Crippen molar-refractivity contribution in [1.29, 1.82) is 0 Å². The molecule has 1 N–H and O–H groups in total. The summed E-state index contributed by atoms with van der Waals surface area (Å²) < 4.78 is 40.8. The highest BCUT2D eigenvalue weighted by Crippen LogP contribution is 2.52. The SMILES string of the molecule is CC.CC(C)(C)c1cc(C(C)(C)C)c2c(c1F)COP(OCC1CCC(n3cc(Cl)c(=S)[nH]c3=O)O1)O2. The van der Waals surface area contributed by atoms with Gasteiger partial charge in [-0.15, -0.1) is 0 Å². The fourth-order valence-electron chi connectivity index (χ4n) is 4.15. The zero-order chi connectivity index (χ0) is 27.7. The molecule has 2 aromatic rings. The largest absolute Gasteiger partial charge is 0.426 e. The molecular formula is C26H37ClFN2O5PS. The summed E-state index contributed by atoms with van der Waals surface area (Å²) in [5.41, 5.74) is 1.00. The quantitative estimate of drug-likeness (QED) is 0.296. The Labute approximate surface area is 229 Å². The van der Waals surface area contributed by atoms with Crippen molar-refractivity contribution in [2.24, 2.45) is 0 Å². The normalized spacial score (nSPS) is 21.6. The second kappa shape index (κ2) is 11.8. The molecule has 1 aromatic carbocycles. The minimum Gasteiger partial charge on any atom is -0.426 e. The Morgan fingerprint density at radius 1 is 1.19 bits per heavy atom. The molecule has 1 saturated heterocycles. The Kier molecular flexibility index (Phi) is 9.63. The minimum absolute atomic E-state index is 0.0746. The smallest absolute Gasteiger partial charge is 0.397 e. The predicted octanol–water partition coefficient (Wildman–Crippen LogP) is 7.85. The number of hydrogen-bond acceptors (Lipinski definition) is 6. The number of hydrogen-bond donors (Lipinski definition) is 1. The van der Waals surface area contributed by atoms with Gasteiger partial charge in [-0.2, -0.15) is 0 Å². The van der Waals surface area contributed by atoms with Gasteiger partial charge in [0.1, 0.15) is 22.4 Å². The first-order valence-electron chi connectivity index (χ1n) is 12.5. The molecule has 1 aromatic heterocycles. The second-order valence-corrected chi connectivity index (χ2v) is 12.9. The molecule has 0 spiro atoms. The maximum atomic E-state index is 15.4. The zero-order valence-electron chi connectivity index (χ0n) is 22.7. The highest BCUT2D eigenvalue weighted by atomic mass is 35.5. The van der Waals surface area contributed by atoms with Crippen molar-refractivity contribution in [3.63, 3.8) is 0 Å². The number of halogens is 2. The minimum atomic E-state index is -1.73. The maximum absolute atomic E-state index is 15.4. The Morgan fingerprint density at radius 2 is 1.84 bits per heavy atom. The molecule has 3 heterocycles. The molecule has 11 heteroatoms. The number of benzene rings is 1. The van der Waals surface area contributed by atoms with Crippen LogP contribution in [0.5, 0.6) is 5.75 Å². The molecule has 2 aliphatic heterocycles. The van der Waals surface area contributed by atoms with Gasteiger partial charge in [0.05, 0.1) is 29.9 Å². The summed E-state index contributed by atoms with van der Waals surface area (Å²) in [7, 11) is -1.73. The van der Waals surface area contributed by atoms with Crippen LogP contribution in [-0.2, 0) is 31.2 Å². The first-order valence-corrected chi connectivity index (χ1v) is 14.4. The van der Waals surface area contributed by atoms with Crippen LogP contribution in [0.1, 0.15) is 91.1 Å². The lowest BCUT2D eigenvalue weighted by Gasteiger charge is -2.33. The molecule has 37 heavy (non-hydrogen) atoms. The Bertz CT molecular complexity index is 1240. The Morgan fingerprint density at radius 3 is 2.46 bits per heavy atom. The summed E-state index contributed by atoms with van der Waals surface area (Å²) >= 11 is 11.1. The van der Waals surface area contributed by atoms with Gasteiger partial charge in [0.15, 0.2) is 0 Å². The molecule has 0 radical (unpaired) electrons. The maximum Gasteiger partial charge on any atom is 0.397 e. The van der Waals surface area contributed by atoms with Crippen LogP contribution in [-0.4, -0.2) is 22.3 Å². The van der Waals surface area contributed by atoms with E-state index in [9.17, 15) is 4.79 Å². The van der Waals surface area contributed by atoms with Crippen LogP contribution in [0.25, 0.3) is 0 Å².